The van der Waals surface area contributed by atoms with Gasteiger partial charge in [-0.1, -0.05) is 11.9 Å². The number of nitrogens with zero attached hydrogens (tertiary/aromatic N) is 1. The zero-order valence-electron chi connectivity index (χ0n) is 14.4. The van der Waals surface area contributed by atoms with Crippen molar-refractivity contribution in [3.05, 3.63) is 0 Å². The second-order valence-corrected chi connectivity index (χ2v) is 8.50. The van der Waals surface area contributed by atoms with Crippen molar-refractivity contribution >= 4 is 17.9 Å². The van der Waals surface area contributed by atoms with Gasteiger partial charge in [-0.15, -0.1) is 0 Å². The molecule has 10 heteroatoms. The Morgan fingerprint density at radius 3 is 3.00 bits per heavy atom. The van der Waals surface area contributed by atoms with Crippen LogP contribution in [0.25, 0.3) is 0 Å². The van der Waals surface area contributed by atoms with Gasteiger partial charge in [0.2, 0.25) is 5.91 Å². The van der Waals surface area contributed by atoms with Crippen molar-refractivity contribution in [2.24, 2.45) is 17.6 Å². The summed E-state index contributed by atoms with van der Waals surface area (Å²) in [6.07, 6.45) is 0.599. The lowest BCUT2D eigenvalue weighted by Crippen LogP contribution is -2.59. The Morgan fingerprint density at radius 2 is 2.24 bits per heavy atom. The van der Waals surface area contributed by atoms with E-state index in [1.807, 2.05) is 0 Å². The van der Waals surface area contributed by atoms with Crippen LogP contribution in [-0.2, 0) is 4.79 Å². The van der Waals surface area contributed by atoms with Crippen molar-refractivity contribution in [3.63, 3.8) is 0 Å². The van der Waals surface area contributed by atoms with E-state index in [-0.39, 0.29) is 30.5 Å². The van der Waals surface area contributed by atoms with Crippen LogP contribution in [0, 0.1) is 11.8 Å². The quantitative estimate of drug-likeness (QED) is 0.330. The normalized spacial score (nSPS) is 47.8. The van der Waals surface area contributed by atoms with Crippen LogP contribution >= 0.6 is 11.9 Å². The highest BCUT2D eigenvalue weighted by atomic mass is 32.2. The van der Waals surface area contributed by atoms with Crippen LogP contribution in [0.1, 0.15) is 19.8 Å². The van der Waals surface area contributed by atoms with Crippen molar-refractivity contribution in [2.75, 3.05) is 19.6 Å². The minimum atomic E-state index is -0.953. The van der Waals surface area contributed by atoms with E-state index in [2.05, 4.69) is 33.0 Å². The number of nitrogens with one attached hydrogen (secondary N) is 5. The number of halogens is 1. The molecule has 4 aliphatic rings. The number of rotatable bonds is 3. The standard InChI is InChI=1S/C15H28FN7OS/c1-7-10(9-3-2-4-18-9)15(25-22-7)20-14(24)11-12(17)21-23-6-8(16)5-19-13(11)23/h7-13,15,18-19,21-22H,2-6,17H2,1H3,(H,20,24). The zero-order valence-corrected chi connectivity index (χ0v) is 15.2. The van der Waals surface area contributed by atoms with E-state index in [9.17, 15) is 9.18 Å². The molecule has 142 valence electrons. The van der Waals surface area contributed by atoms with Crippen molar-refractivity contribution in [2.45, 2.75) is 55.7 Å². The highest BCUT2D eigenvalue weighted by molar-refractivity contribution is 7.98. The van der Waals surface area contributed by atoms with Gasteiger partial charge in [-0.25, -0.2) is 14.8 Å². The molecule has 8 nitrogen and oxygen atoms in total. The van der Waals surface area contributed by atoms with E-state index in [1.165, 1.54) is 6.42 Å². The molecule has 4 aliphatic heterocycles. The third-order valence-corrected chi connectivity index (χ3v) is 6.97. The minimum Gasteiger partial charge on any atom is -0.342 e. The number of nitrogens with two attached hydrogens (primary N) is 1. The first-order valence-corrected chi connectivity index (χ1v) is 10.0. The predicted molar refractivity (Wildman–Crippen MR) is 94.6 cm³/mol. The van der Waals surface area contributed by atoms with Gasteiger partial charge in [0, 0.05) is 31.1 Å². The number of carbonyl (C=O) groups excluding carboxylic acids is 1. The van der Waals surface area contributed by atoms with E-state index in [0.29, 0.717) is 18.0 Å². The number of amides is 1. The van der Waals surface area contributed by atoms with E-state index >= 15 is 0 Å². The summed E-state index contributed by atoms with van der Waals surface area (Å²) in [6.45, 7) is 3.71. The molecule has 0 aromatic rings. The number of hydrazine groups is 1. The van der Waals surface area contributed by atoms with E-state index < -0.39 is 18.3 Å². The fourth-order valence-electron chi connectivity index (χ4n) is 4.54. The number of hydrogen-bond donors (Lipinski definition) is 6. The minimum absolute atomic E-state index is 0.0110. The monoisotopic (exact) mass is 373 g/mol. The SMILES string of the molecule is CC1NSC(NC(=O)C2C(N)NN3CC(F)CNC23)C1C1CCCN1. The van der Waals surface area contributed by atoms with Gasteiger partial charge in [-0.05, 0) is 26.3 Å². The molecule has 8 unspecified atom stereocenters. The molecular formula is C15H28FN7OS. The molecule has 0 aromatic heterocycles. The van der Waals surface area contributed by atoms with Crippen LogP contribution in [0.4, 0.5) is 4.39 Å². The summed E-state index contributed by atoms with van der Waals surface area (Å²) in [5, 5.41) is 11.6. The molecule has 4 heterocycles. The summed E-state index contributed by atoms with van der Waals surface area (Å²) in [5.74, 6) is -0.178. The first-order chi connectivity index (χ1) is 12.0. The summed E-state index contributed by atoms with van der Waals surface area (Å²) in [6, 6.07) is 0.757. The number of carbonyl (C=O) groups is 1. The molecule has 8 atom stereocenters. The molecule has 0 radical (unpaired) electrons. The van der Waals surface area contributed by atoms with Crippen LogP contribution < -0.4 is 31.8 Å². The molecule has 0 aliphatic carbocycles. The zero-order chi connectivity index (χ0) is 17.6. The van der Waals surface area contributed by atoms with Crippen molar-refractivity contribution < 1.29 is 9.18 Å². The van der Waals surface area contributed by atoms with Crippen LogP contribution in [0.15, 0.2) is 0 Å². The predicted octanol–water partition coefficient (Wildman–Crippen LogP) is -1.57. The maximum atomic E-state index is 13.6. The van der Waals surface area contributed by atoms with Crippen molar-refractivity contribution in [1.29, 1.82) is 0 Å². The largest absolute Gasteiger partial charge is 0.342 e. The van der Waals surface area contributed by atoms with Crippen LogP contribution in [0.5, 0.6) is 0 Å². The Hall–Kier alpha value is -0.490. The highest BCUT2D eigenvalue weighted by Crippen LogP contribution is 2.34. The third-order valence-electron chi connectivity index (χ3n) is 5.78. The summed E-state index contributed by atoms with van der Waals surface area (Å²) in [5.41, 5.74) is 9.16. The smallest absolute Gasteiger partial charge is 0.230 e. The Balaban J connectivity index is 1.42. The lowest BCUT2D eigenvalue weighted by molar-refractivity contribution is -0.127. The van der Waals surface area contributed by atoms with Gasteiger partial charge in [-0.3, -0.25) is 14.8 Å². The Labute approximate surface area is 151 Å². The highest BCUT2D eigenvalue weighted by Gasteiger charge is 2.49. The number of alkyl halides is 1. The molecule has 4 rings (SSSR count). The second-order valence-electron chi connectivity index (χ2n) is 7.52. The van der Waals surface area contributed by atoms with Gasteiger partial charge >= 0.3 is 0 Å². The summed E-state index contributed by atoms with van der Waals surface area (Å²) < 4.78 is 17.0. The van der Waals surface area contributed by atoms with Gasteiger partial charge in [0.1, 0.15) is 6.17 Å². The Kier molecular flexibility index (Phi) is 5.20. The molecule has 0 saturated carbocycles. The van der Waals surface area contributed by atoms with Gasteiger partial charge in [0.25, 0.3) is 0 Å². The lowest BCUT2D eigenvalue weighted by atomic mass is 9.91. The molecule has 0 spiro atoms. The Bertz CT molecular complexity index is 508. The molecule has 7 N–H and O–H groups in total. The molecule has 0 bridgehead atoms. The summed E-state index contributed by atoms with van der Waals surface area (Å²) >= 11 is 1.59. The van der Waals surface area contributed by atoms with Gasteiger partial charge in [0.05, 0.1) is 23.6 Å². The molecular weight excluding hydrogens is 345 g/mol. The van der Waals surface area contributed by atoms with Crippen molar-refractivity contribution in [1.82, 2.24) is 31.1 Å². The van der Waals surface area contributed by atoms with Gasteiger partial charge in [-0.2, -0.15) is 0 Å². The average molecular weight is 374 g/mol. The number of hydrogen-bond acceptors (Lipinski definition) is 8. The van der Waals surface area contributed by atoms with Crippen LogP contribution in [0.2, 0.25) is 0 Å². The van der Waals surface area contributed by atoms with Crippen LogP contribution in [-0.4, -0.2) is 66.5 Å². The maximum Gasteiger partial charge on any atom is 0.230 e. The molecule has 25 heavy (non-hydrogen) atoms. The van der Waals surface area contributed by atoms with Gasteiger partial charge in [0.15, 0.2) is 0 Å². The summed E-state index contributed by atoms with van der Waals surface area (Å²) in [7, 11) is 0. The fourth-order valence-corrected chi connectivity index (χ4v) is 5.82. The molecule has 4 saturated heterocycles. The van der Waals surface area contributed by atoms with Crippen molar-refractivity contribution in [3.8, 4) is 0 Å². The van der Waals surface area contributed by atoms with E-state index in [0.717, 1.165) is 13.0 Å². The first kappa shape index (κ1) is 17.9. The molecule has 0 aromatic carbocycles. The van der Waals surface area contributed by atoms with Gasteiger partial charge < -0.3 is 16.4 Å². The number of fused-ring (bicyclic) bond motifs is 1. The summed E-state index contributed by atoms with van der Waals surface area (Å²) in [4.78, 5) is 13.0. The third kappa shape index (κ3) is 3.41. The second kappa shape index (κ2) is 7.26. The van der Waals surface area contributed by atoms with Crippen LogP contribution in [0.3, 0.4) is 0 Å². The van der Waals surface area contributed by atoms with E-state index in [1.54, 1.807) is 17.0 Å². The molecule has 4 fully saturated rings. The Morgan fingerprint density at radius 1 is 1.40 bits per heavy atom. The van der Waals surface area contributed by atoms with E-state index in [4.69, 9.17) is 5.73 Å². The molecule has 1 amide bonds. The lowest BCUT2D eigenvalue weighted by Gasteiger charge is -2.34. The maximum absolute atomic E-state index is 13.6. The fraction of sp³-hybridized carbons (Fsp3) is 0.933. The first-order valence-electron chi connectivity index (χ1n) is 9.15. The average Bonchev–Trinajstić information content (AvgIpc) is 3.26. The topological polar surface area (TPSA) is 106 Å².